The minimum atomic E-state index is -4.63. The number of nitrogens with one attached hydrogen (secondary N) is 1. The van der Waals surface area contributed by atoms with Crippen LogP contribution in [0.1, 0.15) is 17.0 Å². The van der Waals surface area contributed by atoms with Crippen LogP contribution in [-0.4, -0.2) is 33.6 Å². The Balaban J connectivity index is 2.74. The monoisotopic (exact) mass is 274 g/mol. The highest BCUT2D eigenvalue weighted by Crippen LogP contribution is 2.27. The van der Waals surface area contributed by atoms with Gasteiger partial charge in [0.2, 0.25) is 0 Å². The fourth-order valence-electron chi connectivity index (χ4n) is 1.85. The molecular formula is C11H13F3N4O. The summed E-state index contributed by atoms with van der Waals surface area (Å²) < 4.78 is 39.0. The number of alkyl halides is 3. The first-order valence-corrected chi connectivity index (χ1v) is 5.53. The van der Waals surface area contributed by atoms with Crippen molar-refractivity contribution in [2.24, 2.45) is 0 Å². The van der Waals surface area contributed by atoms with E-state index in [2.05, 4.69) is 10.1 Å². The Hall–Kier alpha value is -1.83. The minimum Gasteiger partial charge on any atom is -0.305 e. The highest BCUT2D eigenvalue weighted by molar-refractivity contribution is 5.50. The second kappa shape index (κ2) is 4.37. The van der Waals surface area contributed by atoms with Crippen LogP contribution >= 0.6 is 0 Å². The van der Waals surface area contributed by atoms with E-state index in [0.29, 0.717) is 23.9 Å². The Morgan fingerprint density at radius 1 is 1.42 bits per heavy atom. The van der Waals surface area contributed by atoms with Gasteiger partial charge in [0.15, 0.2) is 11.3 Å². The highest BCUT2D eigenvalue weighted by atomic mass is 19.4. The van der Waals surface area contributed by atoms with Crippen LogP contribution in [0.3, 0.4) is 0 Å². The molecule has 0 amide bonds. The third-order valence-electron chi connectivity index (χ3n) is 2.69. The largest absolute Gasteiger partial charge is 0.433 e. The lowest BCUT2D eigenvalue weighted by molar-refractivity contribution is -0.141. The van der Waals surface area contributed by atoms with Gasteiger partial charge in [0, 0.05) is 23.9 Å². The molecule has 0 saturated carbocycles. The van der Waals surface area contributed by atoms with Gasteiger partial charge in [0.05, 0.1) is 0 Å². The van der Waals surface area contributed by atoms with Gasteiger partial charge in [-0.15, -0.1) is 0 Å². The standard InChI is InChI=1S/C11H13F3N4O/c1-6-7(5-17(2)3)10-15-8(11(12,13)14)4-9(19)18(10)16-6/h4,16H,5H2,1-3H3. The van der Waals surface area contributed by atoms with Gasteiger partial charge in [0.25, 0.3) is 5.56 Å². The molecule has 2 aromatic rings. The number of nitrogens with zero attached hydrogens (tertiary/aromatic N) is 3. The molecule has 0 atom stereocenters. The second-order valence-electron chi connectivity index (χ2n) is 4.59. The second-order valence-corrected chi connectivity index (χ2v) is 4.59. The van der Waals surface area contributed by atoms with E-state index in [-0.39, 0.29) is 5.65 Å². The van der Waals surface area contributed by atoms with Gasteiger partial charge < -0.3 is 4.90 Å². The smallest absolute Gasteiger partial charge is 0.305 e. The Kier molecular flexibility index (Phi) is 3.13. The summed E-state index contributed by atoms with van der Waals surface area (Å²) in [4.78, 5) is 17.0. The van der Waals surface area contributed by atoms with Crippen molar-refractivity contribution < 1.29 is 13.2 Å². The molecule has 0 saturated heterocycles. The summed E-state index contributed by atoms with van der Waals surface area (Å²) in [6, 6.07) is 0.488. The average Bonchev–Trinajstić information content (AvgIpc) is 2.55. The normalized spacial score (nSPS) is 12.6. The Bertz CT molecular complexity index is 669. The first-order chi connectivity index (χ1) is 8.70. The van der Waals surface area contributed by atoms with Gasteiger partial charge in [0.1, 0.15) is 0 Å². The molecule has 2 rings (SSSR count). The zero-order valence-corrected chi connectivity index (χ0v) is 10.7. The first kappa shape index (κ1) is 13.6. The fraction of sp³-hybridized carbons (Fsp3) is 0.455. The molecule has 2 heterocycles. The zero-order valence-electron chi connectivity index (χ0n) is 10.7. The third-order valence-corrected chi connectivity index (χ3v) is 2.69. The maximum Gasteiger partial charge on any atom is 0.433 e. The molecule has 19 heavy (non-hydrogen) atoms. The number of rotatable bonds is 2. The molecule has 5 nitrogen and oxygen atoms in total. The number of hydrogen-bond acceptors (Lipinski definition) is 3. The van der Waals surface area contributed by atoms with Gasteiger partial charge in [-0.2, -0.15) is 13.2 Å². The number of hydrogen-bond donors (Lipinski definition) is 1. The summed E-state index contributed by atoms with van der Waals surface area (Å²) in [6.45, 7) is 2.09. The van der Waals surface area contributed by atoms with Gasteiger partial charge in [-0.25, -0.2) is 9.50 Å². The maximum absolute atomic E-state index is 12.7. The van der Waals surface area contributed by atoms with E-state index in [1.807, 2.05) is 0 Å². The number of H-pyrrole nitrogens is 1. The van der Waals surface area contributed by atoms with E-state index in [1.165, 1.54) is 0 Å². The Morgan fingerprint density at radius 3 is 2.58 bits per heavy atom. The van der Waals surface area contributed by atoms with Gasteiger partial charge in [-0.05, 0) is 21.0 Å². The molecule has 0 aliphatic rings. The first-order valence-electron chi connectivity index (χ1n) is 5.53. The van der Waals surface area contributed by atoms with Gasteiger partial charge >= 0.3 is 6.18 Å². The minimum absolute atomic E-state index is 0.0195. The molecule has 0 aliphatic heterocycles. The molecule has 0 radical (unpaired) electrons. The molecular weight excluding hydrogens is 261 g/mol. The van der Waals surface area contributed by atoms with Crippen LogP contribution in [0, 0.1) is 6.92 Å². The van der Waals surface area contributed by atoms with Gasteiger partial charge in [-0.1, -0.05) is 0 Å². The summed E-state index contributed by atoms with van der Waals surface area (Å²) in [6.07, 6.45) is -4.63. The van der Waals surface area contributed by atoms with E-state index >= 15 is 0 Å². The van der Waals surface area contributed by atoms with Crippen molar-refractivity contribution in [1.82, 2.24) is 19.5 Å². The van der Waals surface area contributed by atoms with Gasteiger partial charge in [-0.3, -0.25) is 9.89 Å². The van der Waals surface area contributed by atoms with E-state index < -0.39 is 17.4 Å². The van der Waals surface area contributed by atoms with E-state index in [0.717, 1.165) is 4.52 Å². The number of halogens is 3. The van der Waals surface area contributed by atoms with Crippen LogP contribution in [0.2, 0.25) is 0 Å². The molecule has 0 aromatic carbocycles. The molecule has 1 N–H and O–H groups in total. The van der Waals surface area contributed by atoms with Crippen molar-refractivity contribution in [3.63, 3.8) is 0 Å². The van der Waals surface area contributed by atoms with Crippen molar-refractivity contribution in [1.29, 1.82) is 0 Å². The number of aromatic amines is 1. The van der Waals surface area contributed by atoms with Crippen molar-refractivity contribution in [2.75, 3.05) is 14.1 Å². The highest BCUT2D eigenvalue weighted by Gasteiger charge is 2.34. The zero-order chi connectivity index (χ0) is 14.4. The summed E-state index contributed by atoms with van der Waals surface area (Å²) in [5, 5.41) is 2.73. The molecule has 0 aliphatic carbocycles. The van der Waals surface area contributed by atoms with Crippen LogP contribution in [0.4, 0.5) is 13.2 Å². The van der Waals surface area contributed by atoms with Crippen molar-refractivity contribution in [3.8, 4) is 0 Å². The summed E-state index contributed by atoms with van der Waals surface area (Å²) in [7, 11) is 3.57. The third kappa shape index (κ3) is 2.48. The van der Waals surface area contributed by atoms with Crippen LogP contribution in [0.5, 0.6) is 0 Å². The topological polar surface area (TPSA) is 53.4 Å². The van der Waals surface area contributed by atoms with Crippen molar-refractivity contribution in [2.45, 2.75) is 19.6 Å². The van der Waals surface area contributed by atoms with Crippen LogP contribution in [-0.2, 0) is 12.7 Å². The maximum atomic E-state index is 12.7. The molecule has 0 spiro atoms. The SMILES string of the molecule is Cc1[nH]n2c(=O)cc(C(F)(F)F)nc2c1CN(C)C. The Morgan fingerprint density at radius 2 is 2.05 bits per heavy atom. The predicted molar refractivity (Wildman–Crippen MR) is 62.9 cm³/mol. The van der Waals surface area contributed by atoms with Crippen molar-refractivity contribution >= 4 is 5.65 Å². The summed E-state index contributed by atoms with van der Waals surface area (Å²) in [5.74, 6) is 0. The van der Waals surface area contributed by atoms with Crippen LogP contribution in [0.15, 0.2) is 10.9 Å². The Labute approximate surface area is 106 Å². The predicted octanol–water partition coefficient (Wildman–Crippen LogP) is 1.41. The van der Waals surface area contributed by atoms with Crippen molar-refractivity contribution in [3.05, 3.63) is 33.4 Å². The summed E-state index contributed by atoms with van der Waals surface area (Å²) in [5.41, 5.74) is -0.723. The summed E-state index contributed by atoms with van der Waals surface area (Å²) >= 11 is 0. The molecule has 0 unspecified atom stereocenters. The quantitative estimate of drug-likeness (QED) is 0.901. The molecule has 8 heteroatoms. The number of fused-ring (bicyclic) bond motifs is 1. The molecule has 0 fully saturated rings. The lowest BCUT2D eigenvalue weighted by atomic mass is 10.2. The lowest BCUT2D eigenvalue weighted by Crippen LogP contribution is -2.20. The molecule has 0 bridgehead atoms. The van der Waals surface area contributed by atoms with Crippen LogP contribution in [0.25, 0.3) is 5.65 Å². The number of aryl methyl sites for hydroxylation is 1. The molecule has 104 valence electrons. The molecule has 2 aromatic heterocycles. The van der Waals surface area contributed by atoms with E-state index in [9.17, 15) is 18.0 Å². The lowest BCUT2D eigenvalue weighted by Gasteiger charge is -2.09. The van der Waals surface area contributed by atoms with E-state index in [1.54, 1.807) is 25.9 Å². The fourth-order valence-corrected chi connectivity index (χ4v) is 1.85. The number of aromatic nitrogens is 3. The van der Waals surface area contributed by atoms with Crippen LogP contribution < -0.4 is 5.56 Å². The average molecular weight is 274 g/mol. The van der Waals surface area contributed by atoms with E-state index in [4.69, 9.17) is 0 Å².